The third-order valence-electron chi connectivity index (χ3n) is 5.01. The molecule has 1 N–H and O–H groups in total. The molecular formula is C17H21Cl2NO3. The van der Waals surface area contributed by atoms with Crippen molar-refractivity contribution >= 4 is 29.2 Å². The molecule has 1 aliphatic heterocycles. The monoisotopic (exact) mass is 357 g/mol. The van der Waals surface area contributed by atoms with Gasteiger partial charge in [0.25, 0.3) is 0 Å². The average Bonchev–Trinajstić information content (AvgIpc) is 2.90. The van der Waals surface area contributed by atoms with Gasteiger partial charge in [0.05, 0.1) is 5.02 Å². The lowest BCUT2D eigenvalue weighted by Crippen LogP contribution is -2.44. The molecule has 0 radical (unpaired) electrons. The van der Waals surface area contributed by atoms with Crippen LogP contribution in [-0.2, 0) is 4.79 Å². The Morgan fingerprint density at radius 1 is 1.30 bits per heavy atom. The van der Waals surface area contributed by atoms with Crippen LogP contribution in [0.5, 0.6) is 5.75 Å². The van der Waals surface area contributed by atoms with Gasteiger partial charge in [-0.15, -0.1) is 0 Å². The first-order valence-corrected chi connectivity index (χ1v) is 8.88. The van der Waals surface area contributed by atoms with Gasteiger partial charge in [0.15, 0.2) is 0 Å². The third-order valence-corrected chi connectivity index (χ3v) is 5.55. The Bertz CT molecular complexity index is 581. The van der Waals surface area contributed by atoms with Gasteiger partial charge in [-0.1, -0.05) is 36.0 Å². The molecule has 1 saturated heterocycles. The van der Waals surface area contributed by atoms with Crippen LogP contribution in [-0.4, -0.2) is 41.2 Å². The van der Waals surface area contributed by atoms with Gasteiger partial charge in [-0.3, -0.25) is 9.69 Å². The lowest BCUT2D eigenvalue weighted by Gasteiger charge is -2.32. The summed E-state index contributed by atoms with van der Waals surface area (Å²) in [5, 5.41) is 10.6. The van der Waals surface area contributed by atoms with E-state index in [1.54, 1.807) is 18.2 Å². The van der Waals surface area contributed by atoms with Crippen molar-refractivity contribution < 1.29 is 14.6 Å². The van der Waals surface area contributed by atoms with Crippen molar-refractivity contribution in [3.63, 3.8) is 0 Å². The summed E-state index contributed by atoms with van der Waals surface area (Å²) in [4.78, 5) is 13.7. The molecule has 1 aliphatic carbocycles. The first-order chi connectivity index (χ1) is 11.1. The van der Waals surface area contributed by atoms with Crippen molar-refractivity contribution in [2.45, 2.75) is 44.2 Å². The van der Waals surface area contributed by atoms with Crippen LogP contribution in [0.1, 0.15) is 32.1 Å². The highest BCUT2D eigenvalue weighted by Gasteiger charge is 2.44. The molecular weight excluding hydrogens is 337 g/mol. The summed E-state index contributed by atoms with van der Waals surface area (Å²) in [6, 6.07) is 5.09. The van der Waals surface area contributed by atoms with Crippen molar-refractivity contribution in [3.8, 4) is 5.75 Å². The van der Waals surface area contributed by atoms with E-state index in [9.17, 15) is 9.90 Å². The maximum absolute atomic E-state index is 11.6. The smallest absolute Gasteiger partial charge is 0.320 e. The highest BCUT2D eigenvalue weighted by molar-refractivity contribution is 6.34. The summed E-state index contributed by atoms with van der Waals surface area (Å²) in [5.41, 5.74) is 0. The van der Waals surface area contributed by atoms with Crippen LogP contribution in [0, 0.1) is 5.92 Å². The summed E-state index contributed by atoms with van der Waals surface area (Å²) >= 11 is 12.0. The predicted molar refractivity (Wildman–Crippen MR) is 90.4 cm³/mol. The zero-order valence-electron chi connectivity index (χ0n) is 12.9. The summed E-state index contributed by atoms with van der Waals surface area (Å²) in [7, 11) is 0. The largest absolute Gasteiger partial charge is 0.491 e. The third kappa shape index (κ3) is 3.76. The number of aliphatic carboxylic acids is 1. The zero-order chi connectivity index (χ0) is 16.4. The van der Waals surface area contributed by atoms with Gasteiger partial charge >= 0.3 is 5.97 Å². The van der Waals surface area contributed by atoms with Gasteiger partial charge in [0.1, 0.15) is 18.4 Å². The van der Waals surface area contributed by atoms with E-state index in [0.29, 0.717) is 40.9 Å². The first kappa shape index (κ1) is 16.9. The summed E-state index contributed by atoms with van der Waals surface area (Å²) < 4.78 is 5.74. The SMILES string of the molecule is O=C(O)C1CC2CCCCC2N1CCOc1cc(Cl)ccc1Cl. The minimum atomic E-state index is -0.722. The van der Waals surface area contributed by atoms with Gasteiger partial charge < -0.3 is 9.84 Å². The highest BCUT2D eigenvalue weighted by atomic mass is 35.5. The molecule has 6 heteroatoms. The fourth-order valence-electron chi connectivity index (χ4n) is 3.97. The molecule has 2 aliphatic rings. The van der Waals surface area contributed by atoms with Gasteiger partial charge in [0.2, 0.25) is 0 Å². The standard InChI is InChI=1S/C17H21Cl2NO3/c18-12-5-6-13(19)16(10-12)23-8-7-20-14-4-2-1-3-11(14)9-15(20)17(21)22/h5-6,10-11,14-15H,1-4,7-9H2,(H,21,22). The molecule has 0 aromatic heterocycles. The van der Waals surface area contributed by atoms with Gasteiger partial charge in [-0.2, -0.15) is 0 Å². The van der Waals surface area contributed by atoms with E-state index in [-0.39, 0.29) is 6.04 Å². The number of nitrogens with zero attached hydrogens (tertiary/aromatic N) is 1. The van der Waals surface area contributed by atoms with Crippen LogP contribution in [0.15, 0.2) is 18.2 Å². The minimum Gasteiger partial charge on any atom is -0.491 e. The molecule has 3 rings (SSSR count). The molecule has 23 heavy (non-hydrogen) atoms. The maximum Gasteiger partial charge on any atom is 0.320 e. The number of rotatable bonds is 5. The molecule has 0 amide bonds. The van der Waals surface area contributed by atoms with Crippen molar-refractivity contribution in [3.05, 3.63) is 28.2 Å². The Labute approximate surface area is 146 Å². The number of hydrogen-bond donors (Lipinski definition) is 1. The topological polar surface area (TPSA) is 49.8 Å². The van der Waals surface area contributed by atoms with E-state index in [4.69, 9.17) is 27.9 Å². The number of carbonyl (C=O) groups is 1. The average molecular weight is 358 g/mol. The van der Waals surface area contributed by atoms with Crippen molar-refractivity contribution in [1.29, 1.82) is 0 Å². The van der Waals surface area contributed by atoms with Crippen molar-refractivity contribution in [2.24, 2.45) is 5.92 Å². The molecule has 1 aromatic carbocycles. The molecule has 1 heterocycles. The van der Waals surface area contributed by atoms with Crippen LogP contribution in [0.4, 0.5) is 0 Å². The van der Waals surface area contributed by atoms with Gasteiger partial charge in [-0.25, -0.2) is 0 Å². The lowest BCUT2D eigenvalue weighted by molar-refractivity contribution is -0.142. The number of carboxylic acid groups (broad SMARTS) is 1. The van der Waals surface area contributed by atoms with E-state index >= 15 is 0 Å². The number of likely N-dealkylation sites (tertiary alicyclic amines) is 1. The Morgan fingerprint density at radius 2 is 2.09 bits per heavy atom. The number of hydrogen-bond acceptors (Lipinski definition) is 3. The summed E-state index contributed by atoms with van der Waals surface area (Å²) in [5.74, 6) is 0.338. The van der Waals surface area contributed by atoms with Crippen LogP contribution in [0.2, 0.25) is 10.0 Å². The Hall–Kier alpha value is -0.970. The fraction of sp³-hybridized carbons (Fsp3) is 0.588. The van der Waals surface area contributed by atoms with Gasteiger partial charge in [0, 0.05) is 23.7 Å². The lowest BCUT2D eigenvalue weighted by atomic mass is 9.85. The fourth-order valence-corrected chi connectivity index (χ4v) is 4.30. The number of carboxylic acids is 1. The molecule has 3 atom stereocenters. The van der Waals surface area contributed by atoms with E-state index in [0.717, 1.165) is 19.3 Å². The Balaban J connectivity index is 1.63. The molecule has 126 valence electrons. The summed E-state index contributed by atoms with van der Waals surface area (Å²) in [6.07, 6.45) is 5.40. The molecule has 2 fully saturated rings. The van der Waals surface area contributed by atoms with Crippen LogP contribution >= 0.6 is 23.2 Å². The minimum absolute atomic E-state index is 0.378. The first-order valence-electron chi connectivity index (χ1n) is 8.12. The number of fused-ring (bicyclic) bond motifs is 1. The number of ether oxygens (including phenoxy) is 1. The molecule has 1 aromatic rings. The second-order valence-electron chi connectivity index (χ2n) is 6.36. The number of benzene rings is 1. The van der Waals surface area contributed by atoms with Crippen LogP contribution < -0.4 is 4.74 Å². The van der Waals surface area contributed by atoms with Gasteiger partial charge in [-0.05, 0) is 37.3 Å². The van der Waals surface area contributed by atoms with E-state index in [1.165, 1.54) is 12.8 Å². The van der Waals surface area contributed by atoms with Crippen LogP contribution in [0.3, 0.4) is 0 Å². The molecule has 4 nitrogen and oxygen atoms in total. The quantitative estimate of drug-likeness (QED) is 0.861. The summed E-state index contributed by atoms with van der Waals surface area (Å²) in [6.45, 7) is 1.01. The maximum atomic E-state index is 11.6. The van der Waals surface area contributed by atoms with E-state index in [2.05, 4.69) is 4.90 Å². The Kier molecular flexibility index (Phi) is 5.34. The molecule has 0 bridgehead atoms. The van der Waals surface area contributed by atoms with Crippen molar-refractivity contribution in [2.75, 3.05) is 13.2 Å². The second-order valence-corrected chi connectivity index (χ2v) is 7.21. The number of halogens is 2. The predicted octanol–water partition coefficient (Wildman–Crippen LogP) is 4.09. The molecule has 3 unspecified atom stereocenters. The van der Waals surface area contributed by atoms with Crippen molar-refractivity contribution in [1.82, 2.24) is 4.90 Å². The zero-order valence-corrected chi connectivity index (χ0v) is 14.4. The second kappa shape index (κ2) is 7.29. The molecule has 0 spiro atoms. The van der Waals surface area contributed by atoms with E-state index in [1.807, 2.05) is 0 Å². The van der Waals surface area contributed by atoms with Crippen LogP contribution in [0.25, 0.3) is 0 Å². The highest BCUT2D eigenvalue weighted by Crippen LogP contribution is 2.39. The Morgan fingerprint density at radius 3 is 2.87 bits per heavy atom. The normalized spacial score (nSPS) is 27.7. The van der Waals surface area contributed by atoms with E-state index < -0.39 is 5.97 Å². The molecule has 1 saturated carbocycles.